The van der Waals surface area contributed by atoms with Gasteiger partial charge < -0.3 is 10.1 Å². The van der Waals surface area contributed by atoms with Crippen LogP contribution in [0.15, 0.2) is 29.6 Å². The van der Waals surface area contributed by atoms with Gasteiger partial charge in [-0.2, -0.15) is 8.42 Å². The summed E-state index contributed by atoms with van der Waals surface area (Å²) in [6.45, 7) is 10.8. The van der Waals surface area contributed by atoms with Crippen molar-refractivity contribution in [3.8, 4) is 0 Å². The number of anilines is 1. The van der Waals surface area contributed by atoms with Crippen LogP contribution in [-0.4, -0.2) is 35.4 Å². The molecule has 1 aromatic carbocycles. The van der Waals surface area contributed by atoms with E-state index in [0.29, 0.717) is 11.4 Å². The van der Waals surface area contributed by atoms with E-state index in [2.05, 4.69) is 10.3 Å². The molecule has 2 atom stereocenters. The van der Waals surface area contributed by atoms with Crippen molar-refractivity contribution >= 4 is 39.2 Å². The molecule has 0 fully saturated rings. The molecule has 1 heterocycles. The summed E-state index contributed by atoms with van der Waals surface area (Å²) in [5, 5.41) is 5.61. The number of carbonyl (C=O) groups is 2. The first-order valence-corrected chi connectivity index (χ1v) is 13.3. The number of amides is 1. The Morgan fingerprint density at radius 2 is 1.79 bits per heavy atom. The van der Waals surface area contributed by atoms with Crippen LogP contribution in [0, 0.1) is 11.8 Å². The number of rotatable bonds is 10. The molecule has 1 amide bonds. The standard InChI is InChI=1S/C23H33N3O6S2/c1-7-16-13-33-21(24-16)18(12-15-8-10-17(11-9-15)26-34(29,30)31)25-20(27)19(14(2)3)22(28)32-23(4,5)6/h8-11,13-14,18-19,26H,7,12H2,1-6H3,(H,25,27)(H,29,30,31)/t18-,19?/m0/s1. The molecule has 0 saturated heterocycles. The molecular weight excluding hydrogens is 478 g/mol. The summed E-state index contributed by atoms with van der Waals surface area (Å²) in [6.07, 6.45) is 1.12. The number of aromatic nitrogens is 1. The van der Waals surface area contributed by atoms with Crippen LogP contribution in [-0.2, 0) is 37.5 Å². The van der Waals surface area contributed by atoms with Gasteiger partial charge in [0, 0.05) is 5.38 Å². The van der Waals surface area contributed by atoms with Crippen molar-refractivity contribution in [3.63, 3.8) is 0 Å². The van der Waals surface area contributed by atoms with E-state index in [4.69, 9.17) is 9.29 Å². The number of esters is 1. The third kappa shape index (κ3) is 8.69. The maximum atomic E-state index is 13.2. The van der Waals surface area contributed by atoms with Crippen LogP contribution in [0.3, 0.4) is 0 Å². The van der Waals surface area contributed by atoms with E-state index < -0.39 is 39.7 Å². The van der Waals surface area contributed by atoms with E-state index in [1.165, 1.54) is 23.5 Å². The minimum absolute atomic E-state index is 0.208. The fourth-order valence-corrected chi connectivity index (χ4v) is 4.63. The fraction of sp³-hybridized carbons (Fsp3) is 0.522. The number of ether oxygens (including phenoxy) is 1. The van der Waals surface area contributed by atoms with Gasteiger partial charge in [-0.25, -0.2) is 4.98 Å². The molecule has 188 valence electrons. The third-order valence-electron chi connectivity index (χ3n) is 4.80. The number of hydrogen-bond donors (Lipinski definition) is 3. The lowest BCUT2D eigenvalue weighted by molar-refractivity contribution is -0.164. The molecule has 0 saturated carbocycles. The number of carbonyl (C=O) groups excluding carboxylic acids is 2. The second-order valence-corrected chi connectivity index (χ2v) is 11.4. The van der Waals surface area contributed by atoms with Crippen LogP contribution in [0.1, 0.15) is 63.8 Å². The first-order chi connectivity index (χ1) is 15.7. The summed E-state index contributed by atoms with van der Waals surface area (Å²) in [4.78, 5) is 30.6. The van der Waals surface area contributed by atoms with Crippen LogP contribution < -0.4 is 10.0 Å². The quantitative estimate of drug-likeness (QED) is 0.250. The zero-order valence-corrected chi connectivity index (χ0v) is 21.9. The lowest BCUT2D eigenvalue weighted by Gasteiger charge is -2.27. The summed E-state index contributed by atoms with van der Waals surface area (Å²) in [7, 11) is -4.37. The normalized spacial score (nSPS) is 13.9. The van der Waals surface area contributed by atoms with Crippen molar-refractivity contribution in [2.24, 2.45) is 11.8 Å². The van der Waals surface area contributed by atoms with Gasteiger partial charge in [0.2, 0.25) is 5.91 Å². The van der Waals surface area contributed by atoms with Crippen molar-refractivity contribution in [2.75, 3.05) is 4.72 Å². The Morgan fingerprint density at radius 3 is 2.26 bits per heavy atom. The smallest absolute Gasteiger partial charge is 0.357 e. The summed E-state index contributed by atoms with van der Waals surface area (Å²) >= 11 is 1.43. The summed E-state index contributed by atoms with van der Waals surface area (Å²) in [6, 6.07) is 5.91. The van der Waals surface area contributed by atoms with Gasteiger partial charge in [-0.1, -0.05) is 32.9 Å². The molecule has 2 aromatic rings. The highest BCUT2D eigenvalue weighted by atomic mass is 32.2. The molecule has 11 heteroatoms. The molecule has 0 spiro atoms. The SMILES string of the molecule is CCc1csc([C@H](Cc2ccc(NS(=O)(=O)O)cc2)NC(=O)C(C(=O)OC(C)(C)C)C(C)C)n1. The van der Waals surface area contributed by atoms with Gasteiger partial charge in [0.05, 0.1) is 17.4 Å². The third-order valence-corrected chi connectivity index (χ3v) is 6.30. The van der Waals surface area contributed by atoms with Gasteiger partial charge in [0.15, 0.2) is 0 Å². The molecule has 1 aromatic heterocycles. The number of thiazole rings is 1. The first-order valence-electron chi connectivity index (χ1n) is 11.0. The van der Waals surface area contributed by atoms with Crippen LogP contribution in [0.4, 0.5) is 5.69 Å². The zero-order chi connectivity index (χ0) is 25.7. The van der Waals surface area contributed by atoms with E-state index in [0.717, 1.165) is 17.7 Å². The van der Waals surface area contributed by atoms with E-state index in [9.17, 15) is 18.0 Å². The van der Waals surface area contributed by atoms with Crippen molar-refractivity contribution in [2.45, 2.75) is 66.0 Å². The van der Waals surface area contributed by atoms with Crippen LogP contribution in [0.5, 0.6) is 0 Å². The molecule has 3 N–H and O–H groups in total. The van der Waals surface area contributed by atoms with E-state index in [-0.39, 0.29) is 11.6 Å². The van der Waals surface area contributed by atoms with Crippen molar-refractivity contribution in [1.29, 1.82) is 0 Å². The largest absolute Gasteiger partial charge is 0.459 e. The Labute approximate surface area is 205 Å². The topological polar surface area (TPSA) is 135 Å². The van der Waals surface area contributed by atoms with Crippen LogP contribution >= 0.6 is 11.3 Å². The van der Waals surface area contributed by atoms with Gasteiger partial charge in [0.1, 0.15) is 16.5 Å². The Kier molecular flexibility index (Phi) is 9.21. The second-order valence-electron chi connectivity index (χ2n) is 9.33. The Balaban J connectivity index is 2.28. The zero-order valence-electron chi connectivity index (χ0n) is 20.3. The van der Waals surface area contributed by atoms with Crippen molar-refractivity contribution in [3.05, 3.63) is 45.9 Å². The minimum atomic E-state index is -4.37. The lowest BCUT2D eigenvalue weighted by Crippen LogP contribution is -2.43. The van der Waals surface area contributed by atoms with Crippen molar-refractivity contribution < 1.29 is 27.3 Å². The predicted molar refractivity (Wildman–Crippen MR) is 132 cm³/mol. The predicted octanol–water partition coefficient (Wildman–Crippen LogP) is 3.93. The molecule has 34 heavy (non-hydrogen) atoms. The highest BCUT2D eigenvalue weighted by molar-refractivity contribution is 7.87. The highest BCUT2D eigenvalue weighted by Crippen LogP contribution is 2.26. The van der Waals surface area contributed by atoms with Crippen LogP contribution in [0.2, 0.25) is 0 Å². The monoisotopic (exact) mass is 511 g/mol. The van der Waals surface area contributed by atoms with Gasteiger partial charge in [0.25, 0.3) is 0 Å². The van der Waals surface area contributed by atoms with E-state index in [1.807, 2.05) is 17.0 Å². The molecule has 1 unspecified atom stereocenters. The van der Waals surface area contributed by atoms with Gasteiger partial charge in [-0.3, -0.25) is 18.9 Å². The maximum Gasteiger partial charge on any atom is 0.357 e. The lowest BCUT2D eigenvalue weighted by atomic mass is 9.94. The molecular formula is C23H33N3O6S2. The Hall–Kier alpha value is -2.50. The molecule has 0 aliphatic heterocycles. The number of hydrogen-bond acceptors (Lipinski definition) is 7. The first kappa shape index (κ1) is 27.7. The van der Waals surface area contributed by atoms with Gasteiger partial charge in [-0.05, 0) is 57.2 Å². The highest BCUT2D eigenvalue weighted by Gasteiger charge is 2.35. The fourth-order valence-electron chi connectivity index (χ4n) is 3.25. The molecule has 0 bridgehead atoms. The van der Waals surface area contributed by atoms with E-state index in [1.54, 1.807) is 46.8 Å². The molecule has 0 aliphatic rings. The summed E-state index contributed by atoms with van der Waals surface area (Å²) in [5.74, 6) is -2.27. The van der Waals surface area contributed by atoms with Gasteiger partial charge in [-0.15, -0.1) is 11.3 Å². The van der Waals surface area contributed by atoms with E-state index >= 15 is 0 Å². The van der Waals surface area contributed by atoms with Crippen molar-refractivity contribution in [1.82, 2.24) is 10.3 Å². The summed E-state index contributed by atoms with van der Waals surface area (Å²) in [5.41, 5.74) is 1.20. The number of benzene rings is 1. The molecule has 2 rings (SSSR count). The average Bonchev–Trinajstić information content (AvgIpc) is 3.15. The molecule has 0 radical (unpaired) electrons. The Morgan fingerprint density at radius 1 is 1.18 bits per heavy atom. The summed E-state index contributed by atoms with van der Waals surface area (Å²) < 4.78 is 38.4. The number of nitrogens with zero attached hydrogens (tertiary/aromatic N) is 1. The average molecular weight is 512 g/mol. The molecule has 0 aliphatic carbocycles. The Bertz CT molecular complexity index is 1090. The number of nitrogens with one attached hydrogen (secondary N) is 2. The maximum absolute atomic E-state index is 13.2. The minimum Gasteiger partial charge on any atom is -0.459 e. The van der Waals surface area contributed by atoms with Crippen LogP contribution in [0.25, 0.3) is 0 Å². The second kappa shape index (κ2) is 11.3. The number of aryl methyl sites for hydroxylation is 1. The molecule has 9 nitrogen and oxygen atoms in total. The van der Waals surface area contributed by atoms with Gasteiger partial charge >= 0.3 is 16.3 Å².